The molecule has 0 unspecified atom stereocenters. The third-order valence-electron chi connectivity index (χ3n) is 1.95. The van der Waals surface area contributed by atoms with E-state index < -0.39 is 5.60 Å². The molecular weight excluding hydrogens is 176 g/mol. The average molecular weight is 190 g/mol. The van der Waals surface area contributed by atoms with Gasteiger partial charge >= 0.3 is 0 Å². The molecule has 1 aromatic carbocycles. The lowest BCUT2D eigenvalue weighted by Crippen LogP contribution is -2.31. The van der Waals surface area contributed by atoms with Crippen LogP contribution in [-0.2, 0) is 4.79 Å². The molecule has 0 heterocycles. The number of aliphatic hydroxyl groups is 1. The smallest absolute Gasteiger partial charge is 0.193 e. The molecule has 0 aliphatic carbocycles. The van der Waals surface area contributed by atoms with E-state index in [9.17, 15) is 9.90 Å². The Hall–Kier alpha value is -1.41. The lowest BCUT2D eigenvalue weighted by molar-refractivity contribution is -0.127. The Morgan fingerprint density at radius 1 is 1.29 bits per heavy atom. The number of rotatable bonds is 3. The van der Waals surface area contributed by atoms with E-state index in [0.29, 0.717) is 5.57 Å². The van der Waals surface area contributed by atoms with Crippen molar-refractivity contribution in [2.75, 3.05) is 0 Å². The monoisotopic (exact) mass is 190 g/mol. The summed E-state index contributed by atoms with van der Waals surface area (Å²) < 4.78 is 0. The Morgan fingerprint density at radius 3 is 2.21 bits per heavy atom. The number of Topliss-reactive ketones (excluding diaryl/α,β-unsaturated/α-hetero) is 1. The zero-order valence-corrected chi connectivity index (χ0v) is 8.45. The largest absolute Gasteiger partial charge is 0.382 e. The van der Waals surface area contributed by atoms with E-state index in [0.717, 1.165) is 5.56 Å². The van der Waals surface area contributed by atoms with E-state index in [1.54, 1.807) is 12.1 Å². The average Bonchev–Trinajstić information content (AvgIpc) is 2.15. The number of hydrogen-bond acceptors (Lipinski definition) is 2. The Kier molecular flexibility index (Phi) is 2.87. The first-order valence-corrected chi connectivity index (χ1v) is 4.44. The summed E-state index contributed by atoms with van der Waals surface area (Å²) in [6.07, 6.45) is 0. The predicted octanol–water partition coefficient (Wildman–Crippen LogP) is 2.04. The second-order valence-corrected chi connectivity index (χ2v) is 3.73. The van der Waals surface area contributed by atoms with Gasteiger partial charge in [0.15, 0.2) is 5.78 Å². The van der Waals surface area contributed by atoms with Crippen LogP contribution in [0.5, 0.6) is 0 Å². The van der Waals surface area contributed by atoms with Gasteiger partial charge in [-0.2, -0.15) is 0 Å². The zero-order valence-electron chi connectivity index (χ0n) is 8.45. The highest BCUT2D eigenvalue weighted by atomic mass is 16.3. The van der Waals surface area contributed by atoms with Gasteiger partial charge in [-0.3, -0.25) is 4.79 Å². The SMILES string of the molecule is C=C(C(=O)C(C)(C)O)c1ccccc1. The van der Waals surface area contributed by atoms with Crippen LogP contribution in [0.3, 0.4) is 0 Å². The lowest BCUT2D eigenvalue weighted by Gasteiger charge is -2.16. The molecule has 0 radical (unpaired) electrons. The van der Waals surface area contributed by atoms with Crippen molar-refractivity contribution in [1.29, 1.82) is 0 Å². The molecule has 0 fully saturated rings. The second kappa shape index (κ2) is 3.76. The van der Waals surface area contributed by atoms with Gasteiger partial charge in [-0.1, -0.05) is 36.9 Å². The summed E-state index contributed by atoms with van der Waals surface area (Å²) in [7, 11) is 0. The highest BCUT2D eigenvalue weighted by Crippen LogP contribution is 2.19. The summed E-state index contributed by atoms with van der Waals surface area (Å²) in [4.78, 5) is 11.6. The van der Waals surface area contributed by atoms with Crippen LogP contribution < -0.4 is 0 Å². The van der Waals surface area contributed by atoms with E-state index in [4.69, 9.17) is 0 Å². The van der Waals surface area contributed by atoms with E-state index in [-0.39, 0.29) is 5.78 Å². The van der Waals surface area contributed by atoms with Crippen LogP contribution in [0.15, 0.2) is 36.9 Å². The molecule has 0 aromatic heterocycles. The minimum absolute atomic E-state index is 0.344. The van der Waals surface area contributed by atoms with Gasteiger partial charge in [-0.15, -0.1) is 0 Å². The molecule has 74 valence electrons. The molecular formula is C12H14O2. The van der Waals surface area contributed by atoms with E-state index >= 15 is 0 Å². The third kappa shape index (κ3) is 2.30. The van der Waals surface area contributed by atoms with Crippen molar-refractivity contribution in [1.82, 2.24) is 0 Å². The Morgan fingerprint density at radius 2 is 1.79 bits per heavy atom. The van der Waals surface area contributed by atoms with Crippen molar-refractivity contribution in [2.45, 2.75) is 19.4 Å². The minimum Gasteiger partial charge on any atom is -0.382 e. The van der Waals surface area contributed by atoms with Crippen LogP contribution in [0, 0.1) is 0 Å². The first kappa shape index (κ1) is 10.7. The fraction of sp³-hybridized carbons (Fsp3) is 0.250. The van der Waals surface area contributed by atoms with E-state index in [1.807, 2.05) is 18.2 Å². The molecule has 0 aliphatic heterocycles. The zero-order chi connectivity index (χ0) is 10.8. The van der Waals surface area contributed by atoms with Crippen LogP contribution in [-0.4, -0.2) is 16.5 Å². The van der Waals surface area contributed by atoms with Crippen molar-refractivity contribution >= 4 is 11.4 Å². The molecule has 0 aliphatic rings. The molecule has 14 heavy (non-hydrogen) atoms. The van der Waals surface area contributed by atoms with Crippen LogP contribution in [0.25, 0.3) is 5.57 Å². The summed E-state index contributed by atoms with van der Waals surface area (Å²) >= 11 is 0. The minimum atomic E-state index is -1.35. The summed E-state index contributed by atoms with van der Waals surface area (Å²) in [5.41, 5.74) is -0.259. The fourth-order valence-corrected chi connectivity index (χ4v) is 1.14. The summed E-state index contributed by atoms with van der Waals surface area (Å²) in [6, 6.07) is 9.12. The summed E-state index contributed by atoms with van der Waals surface area (Å²) in [6.45, 7) is 6.61. The molecule has 0 spiro atoms. The normalized spacial score (nSPS) is 11.1. The molecule has 0 atom stereocenters. The van der Waals surface area contributed by atoms with Crippen LogP contribution >= 0.6 is 0 Å². The summed E-state index contributed by atoms with van der Waals surface area (Å²) in [5.74, 6) is -0.344. The Balaban J connectivity index is 2.93. The van der Waals surface area contributed by atoms with Crippen LogP contribution in [0.4, 0.5) is 0 Å². The van der Waals surface area contributed by atoms with Gasteiger partial charge in [-0.05, 0) is 19.4 Å². The Bertz CT molecular complexity index is 344. The number of benzene rings is 1. The van der Waals surface area contributed by atoms with Crippen molar-refractivity contribution < 1.29 is 9.90 Å². The van der Waals surface area contributed by atoms with Gasteiger partial charge in [0.2, 0.25) is 0 Å². The maximum atomic E-state index is 11.6. The standard InChI is InChI=1S/C12H14O2/c1-9(11(13)12(2,3)14)10-7-5-4-6-8-10/h4-8,14H,1H2,2-3H3. The lowest BCUT2D eigenvalue weighted by atomic mass is 9.93. The maximum Gasteiger partial charge on any atom is 0.193 e. The predicted molar refractivity (Wildman–Crippen MR) is 56.8 cm³/mol. The molecule has 0 saturated carbocycles. The number of ketones is 1. The first-order chi connectivity index (χ1) is 6.43. The molecule has 1 N–H and O–H groups in total. The molecule has 0 saturated heterocycles. The highest BCUT2D eigenvalue weighted by molar-refractivity contribution is 6.23. The fourth-order valence-electron chi connectivity index (χ4n) is 1.14. The van der Waals surface area contributed by atoms with Gasteiger partial charge in [0.1, 0.15) is 5.60 Å². The number of carbonyl (C=O) groups excluding carboxylic acids is 1. The molecule has 0 bridgehead atoms. The van der Waals surface area contributed by atoms with Crippen molar-refractivity contribution in [3.63, 3.8) is 0 Å². The molecule has 1 rings (SSSR count). The highest BCUT2D eigenvalue weighted by Gasteiger charge is 2.26. The summed E-state index contributed by atoms with van der Waals surface area (Å²) in [5, 5.41) is 9.51. The topological polar surface area (TPSA) is 37.3 Å². The second-order valence-electron chi connectivity index (χ2n) is 3.73. The number of hydrogen-bond donors (Lipinski definition) is 1. The van der Waals surface area contributed by atoms with Crippen molar-refractivity contribution in [3.8, 4) is 0 Å². The Labute approximate surface area is 83.9 Å². The molecule has 1 aromatic rings. The third-order valence-corrected chi connectivity index (χ3v) is 1.95. The molecule has 2 nitrogen and oxygen atoms in total. The van der Waals surface area contributed by atoms with Crippen LogP contribution in [0.1, 0.15) is 19.4 Å². The van der Waals surface area contributed by atoms with Gasteiger partial charge in [0.25, 0.3) is 0 Å². The van der Waals surface area contributed by atoms with Gasteiger partial charge in [-0.25, -0.2) is 0 Å². The molecule has 2 heteroatoms. The van der Waals surface area contributed by atoms with Gasteiger partial charge < -0.3 is 5.11 Å². The first-order valence-electron chi connectivity index (χ1n) is 4.44. The van der Waals surface area contributed by atoms with Crippen LogP contribution in [0.2, 0.25) is 0 Å². The quantitative estimate of drug-likeness (QED) is 0.740. The van der Waals surface area contributed by atoms with Gasteiger partial charge in [0.05, 0.1) is 0 Å². The van der Waals surface area contributed by atoms with E-state index in [2.05, 4.69) is 6.58 Å². The van der Waals surface area contributed by atoms with Gasteiger partial charge in [0, 0.05) is 5.57 Å². The maximum absolute atomic E-state index is 11.6. The number of carbonyl (C=O) groups is 1. The van der Waals surface area contributed by atoms with E-state index in [1.165, 1.54) is 13.8 Å². The van der Waals surface area contributed by atoms with Crippen molar-refractivity contribution in [3.05, 3.63) is 42.5 Å². The van der Waals surface area contributed by atoms with Crippen molar-refractivity contribution in [2.24, 2.45) is 0 Å². The molecule has 0 amide bonds.